The standard InChI is InChI=1S/C13H18F2N2O2/c1-19-7-6-16-4-5-17-13(18)8-10-2-3-11(14)9-12(10)15/h2-3,9,16H,4-8H2,1H3,(H,17,18). The van der Waals surface area contributed by atoms with Crippen LogP contribution in [0.15, 0.2) is 18.2 Å². The molecular weight excluding hydrogens is 254 g/mol. The van der Waals surface area contributed by atoms with Crippen LogP contribution in [-0.2, 0) is 16.0 Å². The first kappa shape index (κ1) is 15.5. The highest BCUT2D eigenvalue weighted by Crippen LogP contribution is 2.09. The molecule has 4 nitrogen and oxygen atoms in total. The summed E-state index contributed by atoms with van der Waals surface area (Å²) in [6, 6.07) is 3.19. The van der Waals surface area contributed by atoms with Crippen LogP contribution in [0.25, 0.3) is 0 Å². The van der Waals surface area contributed by atoms with Gasteiger partial charge in [0.15, 0.2) is 0 Å². The molecular formula is C13H18F2N2O2. The van der Waals surface area contributed by atoms with Crippen LogP contribution < -0.4 is 10.6 Å². The molecule has 1 aromatic rings. The number of amides is 1. The van der Waals surface area contributed by atoms with Gasteiger partial charge in [-0.2, -0.15) is 0 Å². The van der Waals surface area contributed by atoms with E-state index in [9.17, 15) is 13.6 Å². The number of carbonyl (C=O) groups excluding carboxylic acids is 1. The molecule has 0 radical (unpaired) electrons. The molecule has 19 heavy (non-hydrogen) atoms. The first-order valence-electron chi connectivity index (χ1n) is 6.03. The van der Waals surface area contributed by atoms with Gasteiger partial charge in [-0.15, -0.1) is 0 Å². The molecule has 0 aliphatic carbocycles. The minimum atomic E-state index is -0.701. The third-order valence-corrected chi connectivity index (χ3v) is 2.47. The highest BCUT2D eigenvalue weighted by molar-refractivity contribution is 5.78. The average Bonchev–Trinajstić information content (AvgIpc) is 2.37. The Balaban J connectivity index is 2.23. The van der Waals surface area contributed by atoms with E-state index in [-0.39, 0.29) is 17.9 Å². The molecule has 2 N–H and O–H groups in total. The molecule has 0 unspecified atom stereocenters. The Morgan fingerprint density at radius 3 is 2.74 bits per heavy atom. The smallest absolute Gasteiger partial charge is 0.224 e. The van der Waals surface area contributed by atoms with E-state index < -0.39 is 11.6 Å². The second-order valence-corrected chi connectivity index (χ2v) is 4.01. The molecule has 0 spiro atoms. The predicted octanol–water partition coefficient (Wildman–Crippen LogP) is 0.859. The van der Waals surface area contributed by atoms with Crippen molar-refractivity contribution >= 4 is 5.91 Å². The zero-order chi connectivity index (χ0) is 14.1. The fourth-order valence-electron chi connectivity index (χ4n) is 1.49. The third kappa shape index (κ3) is 6.26. The van der Waals surface area contributed by atoms with Crippen molar-refractivity contribution in [2.75, 3.05) is 33.4 Å². The summed E-state index contributed by atoms with van der Waals surface area (Å²) in [5.41, 5.74) is 0.186. The monoisotopic (exact) mass is 272 g/mol. The molecule has 6 heteroatoms. The van der Waals surface area contributed by atoms with E-state index in [1.165, 1.54) is 6.07 Å². The Morgan fingerprint density at radius 2 is 2.05 bits per heavy atom. The maximum Gasteiger partial charge on any atom is 0.224 e. The van der Waals surface area contributed by atoms with Crippen LogP contribution in [-0.4, -0.2) is 39.3 Å². The number of nitrogens with one attached hydrogen (secondary N) is 2. The molecule has 0 heterocycles. The van der Waals surface area contributed by atoms with E-state index >= 15 is 0 Å². The Bertz CT molecular complexity index is 414. The van der Waals surface area contributed by atoms with E-state index in [0.717, 1.165) is 12.1 Å². The van der Waals surface area contributed by atoms with Crippen molar-refractivity contribution in [3.8, 4) is 0 Å². The largest absolute Gasteiger partial charge is 0.383 e. The molecule has 106 valence electrons. The molecule has 1 aromatic carbocycles. The number of benzene rings is 1. The van der Waals surface area contributed by atoms with Crippen molar-refractivity contribution in [3.05, 3.63) is 35.4 Å². The highest BCUT2D eigenvalue weighted by Gasteiger charge is 2.08. The van der Waals surface area contributed by atoms with Gasteiger partial charge in [-0.3, -0.25) is 4.79 Å². The lowest BCUT2D eigenvalue weighted by Crippen LogP contribution is -2.34. The van der Waals surface area contributed by atoms with Gasteiger partial charge in [0.05, 0.1) is 13.0 Å². The van der Waals surface area contributed by atoms with E-state index in [1.807, 2.05) is 0 Å². The minimum Gasteiger partial charge on any atom is -0.383 e. The van der Waals surface area contributed by atoms with Crippen LogP contribution in [0.3, 0.4) is 0 Å². The van der Waals surface area contributed by atoms with Crippen LogP contribution in [0.5, 0.6) is 0 Å². The number of hydrogen-bond donors (Lipinski definition) is 2. The lowest BCUT2D eigenvalue weighted by atomic mass is 10.1. The average molecular weight is 272 g/mol. The molecule has 0 atom stereocenters. The summed E-state index contributed by atoms with van der Waals surface area (Å²) in [7, 11) is 1.61. The zero-order valence-electron chi connectivity index (χ0n) is 10.8. The number of methoxy groups -OCH3 is 1. The first-order chi connectivity index (χ1) is 9.13. The van der Waals surface area contributed by atoms with Crippen molar-refractivity contribution in [3.63, 3.8) is 0 Å². The molecule has 1 rings (SSSR count). The summed E-state index contributed by atoms with van der Waals surface area (Å²) in [6.45, 7) is 2.38. The van der Waals surface area contributed by atoms with Crippen molar-refractivity contribution in [1.29, 1.82) is 0 Å². The summed E-state index contributed by atoms with van der Waals surface area (Å²) in [6.07, 6.45) is -0.0931. The molecule has 0 aliphatic heterocycles. The molecule has 0 aliphatic rings. The Hall–Kier alpha value is -1.53. The number of hydrogen-bond acceptors (Lipinski definition) is 3. The van der Waals surface area contributed by atoms with E-state index in [1.54, 1.807) is 7.11 Å². The van der Waals surface area contributed by atoms with Crippen LogP contribution in [0, 0.1) is 11.6 Å². The fraction of sp³-hybridized carbons (Fsp3) is 0.462. The van der Waals surface area contributed by atoms with Crippen LogP contribution in [0.2, 0.25) is 0 Å². The summed E-state index contributed by atoms with van der Waals surface area (Å²) < 4.78 is 30.8. The van der Waals surface area contributed by atoms with Crippen molar-refractivity contribution in [2.45, 2.75) is 6.42 Å². The maximum absolute atomic E-state index is 13.3. The quantitative estimate of drug-likeness (QED) is 0.690. The summed E-state index contributed by atoms with van der Waals surface area (Å²) in [5, 5.41) is 5.71. The summed E-state index contributed by atoms with van der Waals surface area (Å²) in [5.74, 6) is -1.64. The Labute approximate surface area is 111 Å². The summed E-state index contributed by atoms with van der Waals surface area (Å²) in [4.78, 5) is 11.5. The van der Waals surface area contributed by atoms with Crippen molar-refractivity contribution in [1.82, 2.24) is 10.6 Å². The predicted molar refractivity (Wildman–Crippen MR) is 67.8 cm³/mol. The van der Waals surface area contributed by atoms with Gasteiger partial charge in [-0.05, 0) is 11.6 Å². The molecule has 1 amide bonds. The van der Waals surface area contributed by atoms with Crippen molar-refractivity contribution < 1.29 is 18.3 Å². The summed E-state index contributed by atoms with van der Waals surface area (Å²) >= 11 is 0. The number of rotatable bonds is 8. The topological polar surface area (TPSA) is 50.4 Å². The lowest BCUT2D eigenvalue weighted by Gasteiger charge is -2.07. The molecule has 0 saturated heterocycles. The molecule has 0 fully saturated rings. The molecule has 0 aromatic heterocycles. The third-order valence-electron chi connectivity index (χ3n) is 2.47. The molecule has 0 saturated carbocycles. The van der Waals surface area contributed by atoms with Crippen molar-refractivity contribution in [2.24, 2.45) is 0 Å². The Kier molecular flexibility index (Phi) is 6.99. The number of carbonyl (C=O) groups is 1. The second kappa shape index (κ2) is 8.55. The van der Waals surface area contributed by atoms with Gasteiger partial charge >= 0.3 is 0 Å². The normalized spacial score (nSPS) is 10.5. The number of ether oxygens (including phenoxy) is 1. The van der Waals surface area contributed by atoms with Gasteiger partial charge in [-0.1, -0.05) is 6.07 Å². The van der Waals surface area contributed by atoms with Gasteiger partial charge in [0, 0.05) is 32.8 Å². The van der Waals surface area contributed by atoms with Crippen LogP contribution in [0.1, 0.15) is 5.56 Å². The Morgan fingerprint density at radius 1 is 1.26 bits per heavy atom. The first-order valence-corrected chi connectivity index (χ1v) is 6.03. The lowest BCUT2D eigenvalue weighted by molar-refractivity contribution is -0.120. The SMILES string of the molecule is COCCNCCNC(=O)Cc1ccc(F)cc1F. The maximum atomic E-state index is 13.3. The van der Waals surface area contributed by atoms with Gasteiger partial charge in [0.1, 0.15) is 11.6 Å². The van der Waals surface area contributed by atoms with Gasteiger partial charge in [0.2, 0.25) is 5.91 Å². The van der Waals surface area contributed by atoms with E-state index in [4.69, 9.17) is 4.74 Å². The van der Waals surface area contributed by atoms with Gasteiger partial charge in [0.25, 0.3) is 0 Å². The minimum absolute atomic E-state index is 0.0931. The number of halogens is 2. The highest BCUT2D eigenvalue weighted by atomic mass is 19.1. The van der Waals surface area contributed by atoms with Crippen LogP contribution >= 0.6 is 0 Å². The van der Waals surface area contributed by atoms with Crippen LogP contribution in [0.4, 0.5) is 8.78 Å². The van der Waals surface area contributed by atoms with E-state index in [2.05, 4.69) is 10.6 Å². The fourth-order valence-corrected chi connectivity index (χ4v) is 1.49. The van der Waals surface area contributed by atoms with Gasteiger partial charge in [-0.25, -0.2) is 8.78 Å². The molecule has 0 bridgehead atoms. The zero-order valence-corrected chi connectivity index (χ0v) is 10.8. The van der Waals surface area contributed by atoms with Gasteiger partial charge < -0.3 is 15.4 Å². The second-order valence-electron chi connectivity index (χ2n) is 4.01. The van der Waals surface area contributed by atoms with E-state index in [0.29, 0.717) is 26.2 Å².